The summed E-state index contributed by atoms with van der Waals surface area (Å²) in [6.07, 6.45) is -1.35. The Labute approximate surface area is 150 Å². The first-order chi connectivity index (χ1) is 11.9. The Balaban J connectivity index is 1.73. The zero-order chi connectivity index (χ0) is 18.0. The lowest BCUT2D eigenvalue weighted by atomic mass is 10.1. The van der Waals surface area contributed by atoms with Gasteiger partial charge in [0.2, 0.25) is 0 Å². The number of anilines is 1. The minimum atomic E-state index is -0.922. The van der Waals surface area contributed by atoms with E-state index in [9.17, 15) is 15.0 Å². The third kappa shape index (κ3) is 4.12. The highest BCUT2D eigenvalue weighted by atomic mass is 35.5. The molecule has 2 aromatic rings. The SMILES string of the molecule is Cc1cc(NC(=O)N2CC[C@H](O)[C@@H](O)C2)n(Cc2ccccc2Cl)n1. The molecule has 0 spiro atoms. The molecule has 1 aliphatic rings. The number of carbonyl (C=O) groups excluding carboxylic acids is 1. The van der Waals surface area contributed by atoms with E-state index in [1.807, 2.05) is 31.2 Å². The number of nitrogens with one attached hydrogen (secondary N) is 1. The van der Waals surface area contributed by atoms with Gasteiger partial charge in [-0.2, -0.15) is 5.10 Å². The maximum Gasteiger partial charge on any atom is 0.323 e. The van der Waals surface area contributed by atoms with Gasteiger partial charge in [0, 0.05) is 17.6 Å². The summed E-state index contributed by atoms with van der Waals surface area (Å²) in [4.78, 5) is 13.9. The summed E-state index contributed by atoms with van der Waals surface area (Å²) < 4.78 is 1.68. The van der Waals surface area contributed by atoms with Crippen LogP contribution in [0.4, 0.5) is 10.6 Å². The molecule has 3 rings (SSSR count). The van der Waals surface area contributed by atoms with E-state index < -0.39 is 12.2 Å². The molecule has 2 heterocycles. The molecule has 1 aliphatic heterocycles. The maximum absolute atomic E-state index is 12.5. The van der Waals surface area contributed by atoms with Crippen LogP contribution >= 0.6 is 11.6 Å². The minimum absolute atomic E-state index is 0.102. The number of halogens is 1. The molecule has 1 saturated heterocycles. The van der Waals surface area contributed by atoms with Crippen LogP contribution in [0.3, 0.4) is 0 Å². The molecule has 0 aliphatic carbocycles. The van der Waals surface area contributed by atoms with Crippen molar-refractivity contribution in [1.29, 1.82) is 0 Å². The lowest BCUT2D eigenvalue weighted by Gasteiger charge is -2.33. The van der Waals surface area contributed by atoms with Crippen LogP contribution in [0.15, 0.2) is 30.3 Å². The van der Waals surface area contributed by atoms with E-state index in [2.05, 4.69) is 10.4 Å². The number of urea groups is 1. The zero-order valence-electron chi connectivity index (χ0n) is 13.9. The van der Waals surface area contributed by atoms with Gasteiger partial charge in [0.25, 0.3) is 0 Å². The number of aliphatic hydroxyl groups is 2. The summed E-state index contributed by atoms with van der Waals surface area (Å²) in [5.74, 6) is 0.558. The Kier molecular flexibility index (Phi) is 5.27. The first-order valence-electron chi connectivity index (χ1n) is 8.14. The third-order valence-electron chi connectivity index (χ3n) is 4.25. The second-order valence-electron chi connectivity index (χ2n) is 6.22. The summed E-state index contributed by atoms with van der Waals surface area (Å²) in [5, 5.41) is 27.2. The summed E-state index contributed by atoms with van der Waals surface area (Å²) >= 11 is 6.20. The Hall–Kier alpha value is -2.09. The van der Waals surface area contributed by atoms with Gasteiger partial charge in [-0.25, -0.2) is 9.48 Å². The summed E-state index contributed by atoms with van der Waals surface area (Å²) in [6.45, 7) is 2.77. The molecule has 0 saturated carbocycles. The van der Waals surface area contributed by atoms with Gasteiger partial charge in [-0.05, 0) is 25.0 Å². The fourth-order valence-electron chi connectivity index (χ4n) is 2.85. The van der Waals surface area contributed by atoms with Crippen molar-refractivity contribution in [2.75, 3.05) is 18.4 Å². The third-order valence-corrected chi connectivity index (χ3v) is 4.62. The molecule has 7 nitrogen and oxygen atoms in total. The van der Waals surface area contributed by atoms with Crippen LogP contribution in [0, 0.1) is 6.92 Å². The van der Waals surface area contributed by atoms with Crippen molar-refractivity contribution in [1.82, 2.24) is 14.7 Å². The standard InChI is InChI=1S/C17H21ClN4O3/c1-11-8-16(19-17(25)21-7-6-14(23)15(24)10-21)22(20-11)9-12-4-2-3-5-13(12)18/h2-5,8,14-15,23-24H,6-7,9-10H2,1H3,(H,19,25)/t14-,15-/m0/s1. The van der Waals surface area contributed by atoms with Crippen LogP contribution in [0.25, 0.3) is 0 Å². The average Bonchev–Trinajstić information content (AvgIpc) is 2.91. The molecule has 134 valence electrons. The lowest BCUT2D eigenvalue weighted by Crippen LogP contribution is -2.50. The summed E-state index contributed by atoms with van der Waals surface area (Å²) in [5.41, 5.74) is 1.68. The fraction of sp³-hybridized carbons (Fsp3) is 0.412. The van der Waals surface area contributed by atoms with Crippen LogP contribution in [0.5, 0.6) is 0 Å². The maximum atomic E-state index is 12.5. The predicted molar refractivity (Wildman–Crippen MR) is 94.7 cm³/mol. The number of aryl methyl sites for hydroxylation is 1. The molecule has 1 aromatic heterocycles. The fourth-order valence-corrected chi connectivity index (χ4v) is 3.04. The van der Waals surface area contributed by atoms with Gasteiger partial charge in [-0.15, -0.1) is 0 Å². The number of benzene rings is 1. The van der Waals surface area contributed by atoms with E-state index >= 15 is 0 Å². The number of amides is 2. The van der Waals surface area contributed by atoms with Gasteiger partial charge in [-0.1, -0.05) is 29.8 Å². The summed E-state index contributed by atoms with van der Waals surface area (Å²) in [6, 6.07) is 8.93. The molecule has 1 aromatic carbocycles. The Morgan fingerprint density at radius 2 is 2.12 bits per heavy atom. The first-order valence-corrected chi connectivity index (χ1v) is 8.52. The molecule has 0 radical (unpaired) electrons. The number of aromatic nitrogens is 2. The highest BCUT2D eigenvalue weighted by molar-refractivity contribution is 6.31. The van der Waals surface area contributed by atoms with Gasteiger partial charge in [0.15, 0.2) is 0 Å². The number of β-amino-alcohol motifs (C(OH)–C–C–N with tert-alkyl or cyclic N) is 1. The van der Waals surface area contributed by atoms with Gasteiger partial charge in [0.05, 0.1) is 31.0 Å². The van der Waals surface area contributed by atoms with Crippen LogP contribution in [-0.4, -0.2) is 56.2 Å². The lowest BCUT2D eigenvalue weighted by molar-refractivity contribution is -0.0263. The van der Waals surface area contributed by atoms with Crippen molar-refractivity contribution < 1.29 is 15.0 Å². The van der Waals surface area contributed by atoms with Gasteiger partial charge in [0.1, 0.15) is 5.82 Å². The smallest absolute Gasteiger partial charge is 0.323 e. The number of aliphatic hydroxyl groups excluding tert-OH is 2. The molecule has 2 atom stereocenters. The van der Waals surface area contributed by atoms with E-state index in [0.717, 1.165) is 11.3 Å². The van der Waals surface area contributed by atoms with Crippen LogP contribution < -0.4 is 5.32 Å². The van der Waals surface area contributed by atoms with E-state index in [1.165, 1.54) is 4.90 Å². The van der Waals surface area contributed by atoms with Gasteiger partial charge >= 0.3 is 6.03 Å². The van der Waals surface area contributed by atoms with Crippen molar-refractivity contribution >= 4 is 23.4 Å². The second-order valence-corrected chi connectivity index (χ2v) is 6.63. The van der Waals surface area contributed by atoms with Gasteiger partial charge < -0.3 is 15.1 Å². The molecule has 2 amide bonds. The van der Waals surface area contributed by atoms with Gasteiger partial charge in [-0.3, -0.25) is 5.32 Å². The number of rotatable bonds is 3. The van der Waals surface area contributed by atoms with Crippen LogP contribution in [0.2, 0.25) is 5.02 Å². The number of likely N-dealkylation sites (tertiary alicyclic amines) is 1. The van der Waals surface area contributed by atoms with Crippen LogP contribution in [-0.2, 0) is 6.54 Å². The Morgan fingerprint density at radius 3 is 2.84 bits per heavy atom. The average molecular weight is 365 g/mol. The zero-order valence-corrected chi connectivity index (χ0v) is 14.6. The molecule has 0 bridgehead atoms. The second kappa shape index (κ2) is 7.43. The number of nitrogens with zero attached hydrogens (tertiary/aromatic N) is 3. The van der Waals surface area contributed by atoms with E-state index in [0.29, 0.717) is 30.4 Å². The molecule has 25 heavy (non-hydrogen) atoms. The molecular weight excluding hydrogens is 344 g/mol. The highest BCUT2D eigenvalue weighted by Crippen LogP contribution is 2.20. The number of piperidine rings is 1. The topological polar surface area (TPSA) is 90.6 Å². The van der Waals surface area contributed by atoms with Crippen molar-refractivity contribution in [3.05, 3.63) is 46.6 Å². The van der Waals surface area contributed by atoms with E-state index in [-0.39, 0.29) is 12.6 Å². The summed E-state index contributed by atoms with van der Waals surface area (Å²) in [7, 11) is 0. The molecular formula is C17H21ClN4O3. The largest absolute Gasteiger partial charge is 0.390 e. The quantitative estimate of drug-likeness (QED) is 0.775. The van der Waals surface area contributed by atoms with E-state index in [4.69, 9.17) is 11.6 Å². The number of hydrogen-bond acceptors (Lipinski definition) is 4. The highest BCUT2D eigenvalue weighted by Gasteiger charge is 2.29. The number of hydrogen-bond donors (Lipinski definition) is 3. The molecule has 1 fully saturated rings. The first kappa shape index (κ1) is 17.7. The molecule has 3 N–H and O–H groups in total. The minimum Gasteiger partial charge on any atom is -0.390 e. The molecule has 8 heteroatoms. The number of carbonyl (C=O) groups is 1. The predicted octanol–water partition coefficient (Wildman–Crippen LogP) is 1.85. The van der Waals surface area contributed by atoms with Crippen molar-refractivity contribution in [3.8, 4) is 0 Å². The molecule has 0 unspecified atom stereocenters. The monoisotopic (exact) mass is 364 g/mol. The Bertz CT molecular complexity index is 764. The normalized spacial score (nSPS) is 20.6. The van der Waals surface area contributed by atoms with Crippen molar-refractivity contribution in [2.45, 2.75) is 32.1 Å². The van der Waals surface area contributed by atoms with Crippen molar-refractivity contribution in [2.24, 2.45) is 0 Å². The Morgan fingerprint density at radius 1 is 1.36 bits per heavy atom. The van der Waals surface area contributed by atoms with Crippen LogP contribution in [0.1, 0.15) is 17.7 Å². The van der Waals surface area contributed by atoms with Crippen molar-refractivity contribution in [3.63, 3.8) is 0 Å². The van der Waals surface area contributed by atoms with E-state index in [1.54, 1.807) is 10.7 Å².